The van der Waals surface area contributed by atoms with Crippen molar-refractivity contribution in [1.82, 2.24) is 10.0 Å². The van der Waals surface area contributed by atoms with Crippen LogP contribution in [0.5, 0.6) is 5.75 Å². The van der Waals surface area contributed by atoms with Crippen LogP contribution in [0.15, 0.2) is 54.7 Å². The van der Waals surface area contributed by atoms with Crippen molar-refractivity contribution in [2.24, 2.45) is 0 Å². The average Bonchev–Trinajstić information content (AvgIpc) is 3.07. The van der Waals surface area contributed by atoms with Gasteiger partial charge in [0.15, 0.2) is 0 Å². The lowest BCUT2D eigenvalue weighted by molar-refractivity contribution is -0.200. The molecule has 2 heterocycles. The van der Waals surface area contributed by atoms with E-state index in [1.165, 1.54) is 11.1 Å². The summed E-state index contributed by atoms with van der Waals surface area (Å²) in [4.78, 5) is 8.84. The lowest BCUT2D eigenvalue weighted by Gasteiger charge is -2.29. The van der Waals surface area contributed by atoms with Gasteiger partial charge in [0.2, 0.25) is 0 Å². The number of benzene rings is 2. The van der Waals surface area contributed by atoms with Crippen LogP contribution in [0.25, 0.3) is 10.9 Å². The van der Waals surface area contributed by atoms with Gasteiger partial charge in [-0.1, -0.05) is 24.3 Å². The molecule has 2 N–H and O–H groups in total. The molecule has 0 saturated heterocycles. The molecule has 0 radical (unpaired) electrons. The number of aromatic amines is 1. The Kier molecular flexibility index (Phi) is 4.21. The molecule has 0 amide bonds. The first-order valence-electron chi connectivity index (χ1n) is 8.10. The van der Waals surface area contributed by atoms with Gasteiger partial charge in [0, 0.05) is 24.3 Å². The molecule has 0 saturated carbocycles. The maximum atomic E-state index is 10.2. The third-order valence-corrected chi connectivity index (χ3v) is 4.25. The topological polar surface area (TPSA) is 57.7 Å². The number of aromatic nitrogens is 1. The first kappa shape index (κ1) is 15.2. The Hall–Kier alpha value is -2.34. The lowest BCUT2D eigenvalue weighted by atomic mass is 10.1. The predicted molar refractivity (Wildman–Crippen MR) is 91.4 cm³/mol. The Morgan fingerprint density at radius 1 is 1.17 bits per heavy atom. The summed E-state index contributed by atoms with van der Waals surface area (Å²) in [6, 6.07) is 16.1. The minimum absolute atomic E-state index is 0.230. The van der Waals surface area contributed by atoms with E-state index in [4.69, 9.17) is 9.57 Å². The molecule has 1 unspecified atom stereocenters. The highest BCUT2D eigenvalue weighted by Crippen LogP contribution is 2.21. The van der Waals surface area contributed by atoms with E-state index < -0.39 is 6.10 Å². The van der Waals surface area contributed by atoms with Crippen molar-refractivity contribution in [1.29, 1.82) is 0 Å². The van der Waals surface area contributed by atoms with Crippen molar-refractivity contribution in [2.45, 2.75) is 19.3 Å². The number of fused-ring (bicyclic) bond motifs is 2. The highest BCUT2D eigenvalue weighted by atomic mass is 16.7. The lowest BCUT2D eigenvalue weighted by Crippen LogP contribution is -2.37. The molecule has 5 heteroatoms. The van der Waals surface area contributed by atoms with E-state index in [1.807, 2.05) is 42.6 Å². The fraction of sp³-hybridized carbons (Fsp3) is 0.263. The van der Waals surface area contributed by atoms with Crippen LogP contribution in [0.3, 0.4) is 0 Å². The van der Waals surface area contributed by atoms with E-state index in [2.05, 4.69) is 17.1 Å². The van der Waals surface area contributed by atoms with Gasteiger partial charge < -0.3 is 14.8 Å². The Labute approximate surface area is 140 Å². The number of aliphatic hydroxyl groups excluding tert-OH is 1. The van der Waals surface area contributed by atoms with Gasteiger partial charge in [0.25, 0.3) is 0 Å². The van der Waals surface area contributed by atoms with Crippen LogP contribution >= 0.6 is 0 Å². The molecule has 3 aromatic rings. The molecule has 24 heavy (non-hydrogen) atoms. The molecule has 0 bridgehead atoms. The molecule has 1 aliphatic rings. The number of rotatable bonds is 5. The first-order chi connectivity index (χ1) is 11.8. The van der Waals surface area contributed by atoms with Crippen LogP contribution < -0.4 is 4.74 Å². The van der Waals surface area contributed by atoms with Crippen molar-refractivity contribution < 1.29 is 14.7 Å². The van der Waals surface area contributed by atoms with Crippen molar-refractivity contribution in [3.8, 4) is 5.75 Å². The summed E-state index contributed by atoms with van der Waals surface area (Å²) in [7, 11) is 0. The summed E-state index contributed by atoms with van der Waals surface area (Å²) >= 11 is 0. The van der Waals surface area contributed by atoms with Crippen LogP contribution in [-0.4, -0.2) is 34.4 Å². The molecule has 0 aliphatic carbocycles. The van der Waals surface area contributed by atoms with Gasteiger partial charge in [-0.05, 0) is 34.7 Å². The smallest absolute Gasteiger partial charge is 0.121 e. The molecule has 0 fully saturated rings. The number of aliphatic hydroxyl groups is 1. The molecule has 1 aromatic heterocycles. The monoisotopic (exact) mass is 324 g/mol. The van der Waals surface area contributed by atoms with Gasteiger partial charge in [0.1, 0.15) is 18.5 Å². The van der Waals surface area contributed by atoms with Gasteiger partial charge in [-0.25, -0.2) is 0 Å². The third kappa shape index (κ3) is 3.28. The maximum absolute atomic E-state index is 10.2. The molecule has 1 aliphatic heterocycles. The zero-order valence-electron chi connectivity index (χ0n) is 13.3. The quantitative estimate of drug-likeness (QED) is 0.758. The molecule has 1 atom stereocenters. The molecular formula is C19H20N2O3. The minimum atomic E-state index is -0.616. The Morgan fingerprint density at radius 2 is 2.04 bits per heavy atom. The number of nitrogens with zero attached hydrogens (tertiary/aromatic N) is 1. The second-order valence-electron chi connectivity index (χ2n) is 6.06. The van der Waals surface area contributed by atoms with Crippen LogP contribution in [0.4, 0.5) is 0 Å². The Morgan fingerprint density at radius 3 is 2.96 bits per heavy atom. The summed E-state index contributed by atoms with van der Waals surface area (Å²) in [6.45, 7) is 1.88. The molecule has 2 aromatic carbocycles. The van der Waals surface area contributed by atoms with E-state index in [-0.39, 0.29) is 6.61 Å². The van der Waals surface area contributed by atoms with Crippen LogP contribution in [-0.2, 0) is 18.0 Å². The number of hydrogen-bond donors (Lipinski definition) is 2. The Bertz CT molecular complexity index is 830. The number of H-pyrrole nitrogens is 1. The van der Waals surface area contributed by atoms with E-state index in [1.54, 1.807) is 5.06 Å². The van der Waals surface area contributed by atoms with Crippen molar-refractivity contribution in [2.75, 3.05) is 13.2 Å². The molecule has 124 valence electrons. The molecule has 5 nitrogen and oxygen atoms in total. The van der Waals surface area contributed by atoms with Crippen molar-refractivity contribution in [3.63, 3.8) is 0 Å². The van der Waals surface area contributed by atoms with Gasteiger partial charge in [-0.2, -0.15) is 5.06 Å². The van der Waals surface area contributed by atoms with Crippen LogP contribution in [0, 0.1) is 0 Å². The summed E-state index contributed by atoms with van der Waals surface area (Å²) in [5.41, 5.74) is 3.48. The van der Waals surface area contributed by atoms with Crippen LogP contribution in [0.2, 0.25) is 0 Å². The zero-order chi connectivity index (χ0) is 16.4. The molecular weight excluding hydrogens is 304 g/mol. The fourth-order valence-electron chi connectivity index (χ4n) is 2.96. The van der Waals surface area contributed by atoms with Gasteiger partial charge in [-0.3, -0.25) is 4.84 Å². The normalized spacial score (nSPS) is 16.0. The number of ether oxygens (including phenoxy) is 1. The highest BCUT2D eigenvalue weighted by Gasteiger charge is 2.19. The largest absolute Gasteiger partial charge is 0.491 e. The van der Waals surface area contributed by atoms with E-state index in [0.717, 1.165) is 16.7 Å². The fourth-order valence-corrected chi connectivity index (χ4v) is 2.96. The highest BCUT2D eigenvalue weighted by molar-refractivity contribution is 5.80. The number of hydrogen-bond acceptors (Lipinski definition) is 4. The maximum Gasteiger partial charge on any atom is 0.121 e. The standard InChI is InChI=1S/C19H20N2O3/c22-17(11-21-10-15-3-1-2-4-16(15)12-24-21)13-23-18-6-5-14-7-8-20-19(14)9-18/h1-9,17,20,22H,10-13H2. The van der Waals surface area contributed by atoms with Crippen LogP contribution in [0.1, 0.15) is 11.1 Å². The zero-order valence-corrected chi connectivity index (χ0v) is 13.3. The number of nitrogens with one attached hydrogen (secondary N) is 1. The van der Waals surface area contributed by atoms with Gasteiger partial charge in [0.05, 0.1) is 13.2 Å². The predicted octanol–water partition coefficient (Wildman–Crippen LogP) is 2.86. The summed E-state index contributed by atoms with van der Waals surface area (Å²) < 4.78 is 5.70. The number of hydroxylamine groups is 2. The Balaban J connectivity index is 1.31. The summed E-state index contributed by atoms with van der Waals surface area (Å²) in [6.07, 6.45) is 1.28. The van der Waals surface area contributed by atoms with Gasteiger partial charge in [-0.15, -0.1) is 0 Å². The second kappa shape index (κ2) is 6.65. The van der Waals surface area contributed by atoms with E-state index in [9.17, 15) is 5.11 Å². The SMILES string of the molecule is OC(COc1ccc2cc[nH]c2c1)CN1Cc2ccccc2CO1. The van der Waals surface area contributed by atoms with E-state index >= 15 is 0 Å². The average molecular weight is 324 g/mol. The number of β-amino-alcohol motifs (C(OH)–C–C–N with tert-alkyl or cyclic N) is 1. The van der Waals surface area contributed by atoms with Crippen molar-refractivity contribution >= 4 is 10.9 Å². The summed E-state index contributed by atoms with van der Waals surface area (Å²) in [5.74, 6) is 0.744. The molecule has 4 rings (SSSR count). The first-order valence-corrected chi connectivity index (χ1v) is 8.10. The molecule has 0 spiro atoms. The van der Waals surface area contributed by atoms with Crippen molar-refractivity contribution in [3.05, 3.63) is 65.9 Å². The minimum Gasteiger partial charge on any atom is -0.491 e. The summed E-state index contributed by atoms with van der Waals surface area (Å²) in [5, 5.41) is 13.2. The van der Waals surface area contributed by atoms with E-state index in [0.29, 0.717) is 19.7 Å². The second-order valence-corrected chi connectivity index (χ2v) is 6.06. The third-order valence-electron chi connectivity index (χ3n) is 4.25. The van der Waals surface area contributed by atoms with Gasteiger partial charge >= 0.3 is 0 Å².